The van der Waals surface area contributed by atoms with Gasteiger partial charge in [0.05, 0.1) is 0 Å². The molecule has 6 N–H and O–H groups in total. The van der Waals surface area contributed by atoms with E-state index in [4.69, 9.17) is 11.5 Å². The van der Waals surface area contributed by atoms with Crippen LogP contribution >= 0.6 is 0 Å². The SMILES string of the molecule is NCCN.O.[Na].[Na].[Na]. The molecule has 0 rings (SSSR count). The van der Waals surface area contributed by atoms with Gasteiger partial charge in [0.1, 0.15) is 0 Å². The summed E-state index contributed by atoms with van der Waals surface area (Å²) >= 11 is 0. The quantitative estimate of drug-likeness (QED) is 0.386. The van der Waals surface area contributed by atoms with Crippen LogP contribution in [0.5, 0.6) is 0 Å². The van der Waals surface area contributed by atoms with Gasteiger partial charge in [-0.2, -0.15) is 0 Å². The van der Waals surface area contributed by atoms with Crippen LogP contribution in [0.4, 0.5) is 0 Å². The van der Waals surface area contributed by atoms with Gasteiger partial charge < -0.3 is 16.9 Å². The average molecular weight is 147 g/mol. The molecule has 0 unspecified atom stereocenters. The monoisotopic (exact) mass is 147 g/mol. The van der Waals surface area contributed by atoms with Crippen molar-refractivity contribution in [3.05, 3.63) is 0 Å². The second-order valence-electron chi connectivity index (χ2n) is 0.577. The van der Waals surface area contributed by atoms with Gasteiger partial charge in [-0.1, -0.05) is 0 Å². The molecular weight excluding hydrogens is 137 g/mol. The van der Waals surface area contributed by atoms with Crippen LogP contribution in [0.15, 0.2) is 0 Å². The first kappa shape index (κ1) is 30.7. The van der Waals surface area contributed by atoms with Crippen molar-refractivity contribution in [3.63, 3.8) is 0 Å². The van der Waals surface area contributed by atoms with E-state index in [1.54, 1.807) is 0 Å². The molecule has 8 heavy (non-hydrogen) atoms. The summed E-state index contributed by atoms with van der Waals surface area (Å²) in [5.74, 6) is 0. The van der Waals surface area contributed by atoms with E-state index in [0.29, 0.717) is 13.1 Å². The first-order valence-electron chi connectivity index (χ1n) is 1.32. The summed E-state index contributed by atoms with van der Waals surface area (Å²) in [5, 5.41) is 0. The first-order chi connectivity index (χ1) is 1.91. The Balaban J connectivity index is -0.00000000750. The molecule has 0 aromatic carbocycles. The maximum atomic E-state index is 4.90. The maximum Gasteiger partial charge on any atom is 0.00461 e. The molecule has 0 aromatic rings. The summed E-state index contributed by atoms with van der Waals surface area (Å²) in [4.78, 5) is 0. The van der Waals surface area contributed by atoms with Crippen LogP contribution in [-0.2, 0) is 0 Å². The van der Waals surface area contributed by atoms with Crippen LogP contribution in [0.2, 0.25) is 0 Å². The van der Waals surface area contributed by atoms with Gasteiger partial charge >= 0.3 is 0 Å². The average Bonchev–Trinajstić information content (AvgIpc) is 1.37. The van der Waals surface area contributed by atoms with Crippen LogP contribution in [0.1, 0.15) is 0 Å². The molecule has 0 aromatic heterocycles. The predicted molar refractivity (Wildman–Crippen MR) is 39.0 cm³/mol. The van der Waals surface area contributed by atoms with Crippen LogP contribution < -0.4 is 11.5 Å². The molecule has 0 fully saturated rings. The second-order valence-corrected chi connectivity index (χ2v) is 0.577. The molecule has 0 saturated heterocycles. The summed E-state index contributed by atoms with van der Waals surface area (Å²) in [6, 6.07) is 0. The van der Waals surface area contributed by atoms with E-state index in [-0.39, 0.29) is 94.1 Å². The molecule has 0 amide bonds. The molecule has 3 radical (unpaired) electrons. The number of hydrogen-bond acceptors (Lipinski definition) is 2. The maximum absolute atomic E-state index is 4.90. The van der Waals surface area contributed by atoms with Crippen molar-refractivity contribution < 1.29 is 5.48 Å². The van der Waals surface area contributed by atoms with Crippen LogP contribution in [-0.4, -0.2) is 107 Å². The standard InChI is InChI=1S/C2H8N2.3Na.H2O/c3-1-2-4;;;;/h1-4H2;;;;1H2. The molecule has 0 atom stereocenters. The van der Waals surface area contributed by atoms with Crippen molar-refractivity contribution in [1.29, 1.82) is 0 Å². The van der Waals surface area contributed by atoms with E-state index in [0.717, 1.165) is 0 Å². The molecule has 37 valence electrons. The molecule has 3 nitrogen and oxygen atoms in total. The minimum atomic E-state index is 0. The zero-order valence-electron chi connectivity index (χ0n) is 6.07. The van der Waals surface area contributed by atoms with Gasteiger partial charge in [0.2, 0.25) is 0 Å². The van der Waals surface area contributed by atoms with Crippen LogP contribution in [0.3, 0.4) is 0 Å². The fraction of sp³-hybridized carbons (Fsp3) is 1.00. The zero-order valence-corrected chi connectivity index (χ0v) is 12.1. The van der Waals surface area contributed by atoms with Gasteiger partial charge in [0.15, 0.2) is 0 Å². The molecule has 6 heteroatoms. The Hall–Kier alpha value is 2.88. The Labute approximate surface area is 117 Å². The van der Waals surface area contributed by atoms with E-state index in [9.17, 15) is 0 Å². The summed E-state index contributed by atoms with van der Waals surface area (Å²) in [7, 11) is 0. The molecule has 0 aliphatic rings. The number of hydrogen-bond donors (Lipinski definition) is 2. The number of rotatable bonds is 1. The molecule has 0 aliphatic carbocycles. The Morgan fingerprint density at radius 3 is 0.875 bits per heavy atom. The van der Waals surface area contributed by atoms with Gasteiger partial charge in [-0.15, -0.1) is 0 Å². The number of nitrogens with two attached hydrogens (primary N) is 2. The van der Waals surface area contributed by atoms with E-state index < -0.39 is 0 Å². The van der Waals surface area contributed by atoms with Crippen molar-refractivity contribution in [2.24, 2.45) is 11.5 Å². The second kappa shape index (κ2) is 32.7. The summed E-state index contributed by atoms with van der Waals surface area (Å²) in [6.45, 7) is 1.19. The van der Waals surface area contributed by atoms with Gasteiger partial charge in [-0.3, -0.25) is 0 Å². The van der Waals surface area contributed by atoms with E-state index in [1.165, 1.54) is 0 Å². The molecular formula is C2H10N2Na3O. The van der Waals surface area contributed by atoms with Crippen LogP contribution in [0.25, 0.3) is 0 Å². The predicted octanol–water partition coefficient (Wildman–Crippen LogP) is -3.06. The van der Waals surface area contributed by atoms with Crippen LogP contribution in [0, 0.1) is 0 Å². The smallest absolute Gasteiger partial charge is 0.00461 e. The first-order valence-corrected chi connectivity index (χ1v) is 1.32. The van der Waals surface area contributed by atoms with Crippen molar-refractivity contribution in [3.8, 4) is 0 Å². The van der Waals surface area contributed by atoms with Gasteiger partial charge in [-0.05, 0) is 0 Å². The molecule has 0 saturated carbocycles. The fourth-order valence-corrected chi connectivity index (χ4v) is 0. The minimum Gasteiger partial charge on any atom is -0.412 e. The van der Waals surface area contributed by atoms with Crippen molar-refractivity contribution in [2.45, 2.75) is 0 Å². The van der Waals surface area contributed by atoms with Crippen molar-refractivity contribution in [2.75, 3.05) is 13.1 Å². The minimum absolute atomic E-state index is 0. The Bertz CT molecular complexity index is 17.2. The third-order valence-corrected chi connectivity index (χ3v) is 0.167. The fourth-order valence-electron chi connectivity index (χ4n) is 0. The van der Waals surface area contributed by atoms with Gasteiger partial charge in [0, 0.05) is 102 Å². The van der Waals surface area contributed by atoms with Crippen molar-refractivity contribution >= 4 is 88.7 Å². The largest absolute Gasteiger partial charge is 0.412 e. The van der Waals surface area contributed by atoms with Crippen molar-refractivity contribution in [1.82, 2.24) is 0 Å². The third kappa shape index (κ3) is 36.6. The van der Waals surface area contributed by atoms with Gasteiger partial charge in [-0.25, -0.2) is 0 Å². The van der Waals surface area contributed by atoms with Gasteiger partial charge in [0.25, 0.3) is 0 Å². The summed E-state index contributed by atoms with van der Waals surface area (Å²) in [5.41, 5.74) is 9.81. The molecule has 0 heterocycles. The normalized spacial score (nSPS) is 3.75. The summed E-state index contributed by atoms with van der Waals surface area (Å²) < 4.78 is 0. The Kier molecular flexibility index (Phi) is 126. The zero-order chi connectivity index (χ0) is 3.41. The molecule has 0 spiro atoms. The van der Waals surface area contributed by atoms with E-state index in [2.05, 4.69) is 0 Å². The Morgan fingerprint density at radius 1 is 0.750 bits per heavy atom. The Morgan fingerprint density at radius 2 is 0.875 bits per heavy atom. The van der Waals surface area contributed by atoms with E-state index >= 15 is 0 Å². The summed E-state index contributed by atoms with van der Waals surface area (Å²) in [6.07, 6.45) is 0. The molecule has 0 aliphatic heterocycles. The molecule has 0 bridgehead atoms. The third-order valence-electron chi connectivity index (χ3n) is 0.167. The van der Waals surface area contributed by atoms with E-state index in [1.807, 2.05) is 0 Å². The topological polar surface area (TPSA) is 83.5 Å².